The Morgan fingerprint density at radius 3 is 2.94 bits per heavy atom. The van der Waals surface area contributed by atoms with E-state index in [0.717, 1.165) is 5.76 Å². The molecule has 1 aliphatic carbocycles. The van der Waals surface area contributed by atoms with Crippen LogP contribution in [0, 0.1) is 0 Å². The molecule has 0 aromatic carbocycles. The minimum atomic E-state index is 0.471. The van der Waals surface area contributed by atoms with Gasteiger partial charge in [0.15, 0.2) is 5.69 Å². The van der Waals surface area contributed by atoms with Crippen molar-refractivity contribution in [2.24, 2.45) is 5.73 Å². The molecule has 2 N–H and O–H groups in total. The van der Waals surface area contributed by atoms with E-state index < -0.39 is 0 Å². The monoisotopic (exact) mass is 220 g/mol. The SMILES string of the molecule is NCCc1nc(-c2cc(C3CC3)on2)no1. The maximum absolute atomic E-state index is 5.40. The molecule has 1 fully saturated rings. The second-order valence-electron chi connectivity index (χ2n) is 3.94. The second kappa shape index (κ2) is 3.71. The third-order valence-corrected chi connectivity index (χ3v) is 2.56. The van der Waals surface area contributed by atoms with E-state index in [4.69, 9.17) is 14.8 Å². The summed E-state index contributed by atoms with van der Waals surface area (Å²) in [5.41, 5.74) is 6.03. The average molecular weight is 220 g/mol. The lowest BCUT2D eigenvalue weighted by Gasteiger charge is -1.83. The molecule has 0 unspecified atom stereocenters. The summed E-state index contributed by atoms with van der Waals surface area (Å²) in [5.74, 6) is 2.46. The highest BCUT2D eigenvalue weighted by Gasteiger charge is 2.28. The lowest BCUT2D eigenvalue weighted by atomic mass is 10.3. The maximum atomic E-state index is 5.40. The van der Waals surface area contributed by atoms with Crippen molar-refractivity contribution in [1.82, 2.24) is 15.3 Å². The van der Waals surface area contributed by atoms with Crippen molar-refractivity contribution in [2.45, 2.75) is 25.2 Å². The first-order chi connectivity index (χ1) is 7.86. The molecule has 0 radical (unpaired) electrons. The van der Waals surface area contributed by atoms with Gasteiger partial charge in [0.1, 0.15) is 5.76 Å². The molecule has 16 heavy (non-hydrogen) atoms. The fraction of sp³-hybridized carbons (Fsp3) is 0.500. The zero-order valence-electron chi connectivity index (χ0n) is 8.72. The normalized spacial score (nSPS) is 15.6. The average Bonchev–Trinajstić information content (AvgIpc) is 2.85. The topological polar surface area (TPSA) is 91.0 Å². The predicted octanol–water partition coefficient (Wildman–Crippen LogP) is 1.10. The van der Waals surface area contributed by atoms with Crippen LogP contribution in [0.2, 0.25) is 0 Å². The number of nitrogens with two attached hydrogens (primary N) is 1. The Balaban J connectivity index is 1.83. The van der Waals surface area contributed by atoms with Gasteiger partial charge in [-0.2, -0.15) is 4.98 Å². The fourth-order valence-corrected chi connectivity index (χ4v) is 1.54. The van der Waals surface area contributed by atoms with Gasteiger partial charge >= 0.3 is 0 Å². The van der Waals surface area contributed by atoms with Crippen molar-refractivity contribution in [3.8, 4) is 11.5 Å². The van der Waals surface area contributed by atoms with E-state index >= 15 is 0 Å². The second-order valence-corrected chi connectivity index (χ2v) is 3.94. The van der Waals surface area contributed by atoms with E-state index in [-0.39, 0.29) is 0 Å². The van der Waals surface area contributed by atoms with Crippen LogP contribution in [0.1, 0.15) is 30.4 Å². The number of aromatic nitrogens is 3. The van der Waals surface area contributed by atoms with Gasteiger partial charge in [0, 0.05) is 24.9 Å². The molecular weight excluding hydrogens is 208 g/mol. The zero-order valence-corrected chi connectivity index (χ0v) is 8.72. The summed E-state index contributed by atoms with van der Waals surface area (Å²) in [5, 5.41) is 7.76. The van der Waals surface area contributed by atoms with Crippen LogP contribution in [-0.2, 0) is 6.42 Å². The molecule has 1 saturated carbocycles. The van der Waals surface area contributed by atoms with Gasteiger partial charge in [-0.3, -0.25) is 0 Å². The Hall–Kier alpha value is -1.69. The van der Waals surface area contributed by atoms with Crippen molar-refractivity contribution in [1.29, 1.82) is 0 Å². The first kappa shape index (κ1) is 9.53. The molecule has 84 valence electrons. The molecule has 3 rings (SSSR count). The van der Waals surface area contributed by atoms with Crippen LogP contribution in [0.25, 0.3) is 11.5 Å². The summed E-state index contributed by atoms with van der Waals surface area (Å²) < 4.78 is 10.2. The standard InChI is InChI=1S/C10H12N4O2/c11-4-3-9-12-10(14-16-9)7-5-8(15-13-7)6-1-2-6/h5-6H,1-4,11H2. The van der Waals surface area contributed by atoms with Crippen molar-refractivity contribution >= 4 is 0 Å². The maximum Gasteiger partial charge on any atom is 0.228 e. The van der Waals surface area contributed by atoms with E-state index in [1.807, 2.05) is 6.07 Å². The van der Waals surface area contributed by atoms with Crippen LogP contribution in [0.5, 0.6) is 0 Å². The Kier molecular flexibility index (Phi) is 2.21. The first-order valence-corrected chi connectivity index (χ1v) is 5.36. The largest absolute Gasteiger partial charge is 0.360 e. The van der Waals surface area contributed by atoms with E-state index in [9.17, 15) is 0 Å². The van der Waals surface area contributed by atoms with Crippen LogP contribution >= 0.6 is 0 Å². The summed E-state index contributed by atoms with van der Waals surface area (Å²) in [7, 11) is 0. The van der Waals surface area contributed by atoms with Gasteiger partial charge in [-0.25, -0.2) is 0 Å². The summed E-state index contributed by atoms with van der Waals surface area (Å²) >= 11 is 0. The molecule has 0 amide bonds. The van der Waals surface area contributed by atoms with Gasteiger partial charge in [0.05, 0.1) is 0 Å². The van der Waals surface area contributed by atoms with Gasteiger partial charge in [-0.15, -0.1) is 0 Å². The Morgan fingerprint density at radius 1 is 1.31 bits per heavy atom. The molecule has 2 aromatic heterocycles. The number of hydrogen-bond acceptors (Lipinski definition) is 6. The highest BCUT2D eigenvalue weighted by atomic mass is 16.5. The molecular formula is C10H12N4O2. The van der Waals surface area contributed by atoms with Gasteiger partial charge in [-0.05, 0) is 12.8 Å². The van der Waals surface area contributed by atoms with Crippen LogP contribution in [0.15, 0.2) is 15.1 Å². The molecule has 0 saturated heterocycles. The summed E-state index contributed by atoms with van der Waals surface area (Å²) in [4.78, 5) is 4.18. The lowest BCUT2D eigenvalue weighted by Crippen LogP contribution is -2.02. The third-order valence-electron chi connectivity index (χ3n) is 2.56. The quantitative estimate of drug-likeness (QED) is 0.829. The van der Waals surface area contributed by atoms with Crippen molar-refractivity contribution in [3.63, 3.8) is 0 Å². The number of rotatable bonds is 4. The Labute approximate surface area is 91.8 Å². The molecule has 0 aliphatic heterocycles. The Bertz CT molecular complexity index is 486. The van der Waals surface area contributed by atoms with Crippen molar-refractivity contribution < 1.29 is 9.05 Å². The molecule has 6 heteroatoms. The molecule has 2 aromatic rings. The molecule has 2 heterocycles. The van der Waals surface area contributed by atoms with Gasteiger partial charge in [0.2, 0.25) is 11.7 Å². The molecule has 6 nitrogen and oxygen atoms in total. The Morgan fingerprint density at radius 2 is 2.19 bits per heavy atom. The lowest BCUT2D eigenvalue weighted by molar-refractivity contribution is 0.376. The van der Waals surface area contributed by atoms with Crippen molar-refractivity contribution in [3.05, 3.63) is 17.7 Å². The van der Waals surface area contributed by atoms with Crippen molar-refractivity contribution in [2.75, 3.05) is 6.54 Å². The first-order valence-electron chi connectivity index (χ1n) is 5.36. The van der Waals surface area contributed by atoms with Crippen LogP contribution < -0.4 is 5.73 Å². The fourth-order valence-electron chi connectivity index (χ4n) is 1.54. The summed E-state index contributed by atoms with van der Waals surface area (Å²) in [6, 6.07) is 1.88. The minimum absolute atomic E-state index is 0.471. The third kappa shape index (κ3) is 1.71. The number of nitrogens with zero attached hydrogens (tertiary/aromatic N) is 3. The molecule has 0 spiro atoms. The van der Waals surface area contributed by atoms with Gasteiger partial charge < -0.3 is 14.8 Å². The highest BCUT2D eigenvalue weighted by molar-refractivity contribution is 5.48. The summed E-state index contributed by atoms with van der Waals surface area (Å²) in [6.07, 6.45) is 2.94. The highest BCUT2D eigenvalue weighted by Crippen LogP contribution is 2.40. The smallest absolute Gasteiger partial charge is 0.228 e. The summed E-state index contributed by atoms with van der Waals surface area (Å²) in [6.45, 7) is 0.494. The number of hydrogen-bond donors (Lipinski definition) is 1. The van der Waals surface area contributed by atoms with E-state index in [2.05, 4.69) is 15.3 Å². The zero-order chi connectivity index (χ0) is 11.0. The van der Waals surface area contributed by atoms with Gasteiger partial charge in [0.25, 0.3) is 0 Å². The molecule has 1 aliphatic rings. The van der Waals surface area contributed by atoms with Crippen LogP contribution in [0.4, 0.5) is 0 Å². The minimum Gasteiger partial charge on any atom is -0.360 e. The predicted molar refractivity (Wildman–Crippen MR) is 54.5 cm³/mol. The van der Waals surface area contributed by atoms with Crippen LogP contribution in [0.3, 0.4) is 0 Å². The molecule has 0 bridgehead atoms. The van der Waals surface area contributed by atoms with Crippen LogP contribution in [-0.4, -0.2) is 21.8 Å². The van der Waals surface area contributed by atoms with Gasteiger partial charge in [-0.1, -0.05) is 10.3 Å². The van der Waals surface area contributed by atoms with E-state index in [0.29, 0.717) is 36.3 Å². The van der Waals surface area contributed by atoms with E-state index in [1.165, 1.54) is 12.8 Å². The molecule has 0 atom stereocenters. The van der Waals surface area contributed by atoms with E-state index in [1.54, 1.807) is 0 Å².